The maximum Gasteiger partial charge on any atom is 0.148 e. The Morgan fingerprint density at radius 3 is 0.775 bits per heavy atom. The Labute approximate surface area is 241 Å². The van der Waals surface area contributed by atoms with Crippen molar-refractivity contribution in [2.24, 2.45) is 11.5 Å². The van der Waals surface area contributed by atoms with Crippen LogP contribution in [0.15, 0.2) is 146 Å². The fourth-order valence-electron chi connectivity index (χ4n) is 6.53. The van der Waals surface area contributed by atoms with Crippen molar-refractivity contribution in [3.05, 3.63) is 146 Å². The molecular weight excluding hydrogens is 517 g/mol. The second-order valence-corrected chi connectivity index (χ2v) is 18.7. The largest absolute Gasteiger partial charge is 0.330 e. The molecule has 0 aliphatic heterocycles. The minimum absolute atomic E-state index is 0.698. The maximum atomic E-state index is 6.14. The summed E-state index contributed by atoms with van der Waals surface area (Å²) >= 11 is 0. The number of hydrogen-bond donors (Lipinski definition) is 2. The standard InChI is InChI=1S/C36H40N2Si2/c37-27-13-29-39(31-15-5-1-6-16-31,32-17-7-2-8-18-32)35-23-25-36(26-24-35)40(30-14-28-38,33-19-9-3-10-20-33)34-21-11-4-12-22-34/h1-12,15-26H,13-14,27-30,37-38H2. The van der Waals surface area contributed by atoms with E-state index in [0.29, 0.717) is 13.1 Å². The Morgan fingerprint density at radius 2 is 0.550 bits per heavy atom. The van der Waals surface area contributed by atoms with Gasteiger partial charge in [-0.05, 0) is 69.1 Å². The topological polar surface area (TPSA) is 52.0 Å². The molecule has 5 aromatic rings. The maximum absolute atomic E-state index is 6.14. The Hall–Kier alpha value is -3.55. The van der Waals surface area contributed by atoms with Crippen LogP contribution in [-0.2, 0) is 0 Å². The van der Waals surface area contributed by atoms with E-state index < -0.39 is 16.1 Å². The van der Waals surface area contributed by atoms with E-state index in [4.69, 9.17) is 11.5 Å². The molecular formula is C36H40N2Si2. The van der Waals surface area contributed by atoms with Gasteiger partial charge in [-0.25, -0.2) is 0 Å². The van der Waals surface area contributed by atoms with E-state index in [0.717, 1.165) is 24.9 Å². The van der Waals surface area contributed by atoms with E-state index in [1.54, 1.807) is 0 Å². The molecule has 5 rings (SSSR count). The third kappa shape index (κ3) is 5.41. The summed E-state index contributed by atoms with van der Waals surface area (Å²) in [5.74, 6) is 0. The first kappa shape index (κ1) is 28.0. The number of nitrogens with two attached hydrogens (primary N) is 2. The molecule has 5 aromatic carbocycles. The van der Waals surface area contributed by atoms with E-state index in [2.05, 4.69) is 146 Å². The highest BCUT2D eigenvalue weighted by molar-refractivity contribution is 7.12. The number of hydrogen-bond acceptors (Lipinski definition) is 2. The SMILES string of the molecule is NCCC[Si](c1ccccc1)(c1ccccc1)c1ccc([Si](CCCN)(c2ccccc2)c2ccccc2)cc1. The van der Waals surface area contributed by atoms with E-state index in [1.807, 2.05) is 0 Å². The smallest absolute Gasteiger partial charge is 0.148 e. The van der Waals surface area contributed by atoms with Crippen molar-refractivity contribution < 1.29 is 0 Å². The summed E-state index contributed by atoms with van der Waals surface area (Å²) in [5.41, 5.74) is 12.3. The van der Waals surface area contributed by atoms with Gasteiger partial charge in [0, 0.05) is 0 Å². The second-order valence-electron chi connectivity index (χ2n) is 10.6. The van der Waals surface area contributed by atoms with Crippen LogP contribution in [0.4, 0.5) is 0 Å². The third-order valence-corrected chi connectivity index (χ3v) is 18.6. The van der Waals surface area contributed by atoms with Crippen LogP contribution in [0.5, 0.6) is 0 Å². The Balaban J connectivity index is 1.72. The van der Waals surface area contributed by atoms with Crippen LogP contribution in [0.25, 0.3) is 0 Å². The highest BCUT2D eigenvalue weighted by atomic mass is 28.3. The summed E-state index contributed by atoms with van der Waals surface area (Å²) in [5, 5.41) is 8.68. The fraction of sp³-hybridized carbons (Fsp3) is 0.167. The Bertz CT molecular complexity index is 1250. The molecule has 0 aromatic heterocycles. The van der Waals surface area contributed by atoms with Crippen molar-refractivity contribution >= 4 is 47.3 Å². The van der Waals surface area contributed by atoms with Crippen molar-refractivity contribution in [1.82, 2.24) is 0 Å². The van der Waals surface area contributed by atoms with Gasteiger partial charge in [-0.15, -0.1) is 0 Å². The van der Waals surface area contributed by atoms with Crippen LogP contribution < -0.4 is 42.6 Å². The normalized spacial score (nSPS) is 11.8. The van der Waals surface area contributed by atoms with Gasteiger partial charge in [-0.2, -0.15) is 0 Å². The monoisotopic (exact) mass is 556 g/mol. The molecule has 2 nitrogen and oxygen atoms in total. The van der Waals surface area contributed by atoms with Crippen molar-refractivity contribution in [3.8, 4) is 0 Å². The molecule has 0 aliphatic rings. The van der Waals surface area contributed by atoms with Crippen molar-refractivity contribution in [3.63, 3.8) is 0 Å². The summed E-state index contributed by atoms with van der Waals surface area (Å²) in [6.07, 6.45) is 2.00. The van der Waals surface area contributed by atoms with E-state index in [1.165, 1.54) is 31.1 Å². The van der Waals surface area contributed by atoms with Gasteiger partial charge in [-0.1, -0.05) is 146 Å². The molecule has 0 amide bonds. The summed E-state index contributed by atoms with van der Waals surface area (Å²) in [7, 11) is -4.59. The lowest BCUT2D eigenvalue weighted by molar-refractivity contribution is 0.919. The summed E-state index contributed by atoms with van der Waals surface area (Å²) in [6.45, 7) is 1.40. The molecule has 0 radical (unpaired) electrons. The molecule has 0 aliphatic carbocycles. The predicted molar refractivity (Wildman–Crippen MR) is 178 cm³/mol. The highest BCUT2D eigenvalue weighted by Gasteiger charge is 2.41. The lowest BCUT2D eigenvalue weighted by atomic mass is 10.3. The molecule has 0 fully saturated rings. The molecule has 40 heavy (non-hydrogen) atoms. The number of benzene rings is 5. The zero-order valence-electron chi connectivity index (χ0n) is 23.3. The molecule has 0 unspecified atom stereocenters. The zero-order valence-corrected chi connectivity index (χ0v) is 25.3. The lowest BCUT2D eigenvalue weighted by Gasteiger charge is -2.36. The fourth-order valence-corrected chi connectivity index (χ4v) is 16.2. The van der Waals surface area contributed by atoms with Crippen LogP contribution in [-0.4, -0.2) is 29.2 Å². The first-order valence-corrected chi connectivity index (χ1v) is 18.9. The van der Waals surface area contributed by atoms with Crippen molar-refractivity contribution in [2.45, 2.75) is 24.9 Å². The lowest BCUT2D eigenvalue weighted by Crippen LogP contribution is -2.69. The van der Waals surface area contributed by atoms with Gasteiger partial charge in [0.25, 0.3) is 0 Å². The van der Waals surface area contributed by atoms with Crippen molar-refractivity contribution in [1.29, 1.82) is 0 Å². The summed E-state index contributed by atoms with van der Waals surface area (Å²) in [6, 6.07) is 56.6. The van der Waals surface area contributed by atoms with Gasteiger partial charge in [0.15, 0.2) is 0 Å². The van der Waals surface area contributed by atoms with Gasteiger partial charge in [0.1, 0.15) is 16.1 Å². The van der Waals surface area contributed by atoms with E-state index >= 15 is 0 Å². The van der Waals surface area contributed by atoms with Crippen LogP contribution in [0.3, 0.4) is 0 Å². The molecule has 202 valence electrons. The zero-order chi connectivity index (χ0) is 27.7. The average Bonchev–Trinajstić information content (AvgIpc) is 3.04. The van der Waals surface area contributed by atoms with Crippen LogP contribution in [0, 0.1) is 0 Å². The van der Waals surface area contributed by atoms with Crippen molar-refractivity contribution in [2.75, 3.05) is 13.1 Å². The first-order chi connectivity index (χ1) is 19.8. The molecule has 0 heterocycles. The minimum Gasteiger partial charge on any atom is -0.330 e. The predicted octanol–water partition coefficient (Wildman–Crippen LogP) is 3.32. The average molecular weight is 557 g/mol. The first-order valence-electron chi connectivity index (χ1n) is 14.5. The van der Waals surface area contributed by atoms with E-state index in [-0.39, 0.29) is 0 Å². The molecule has 0 atom stereocenters. The highest BCUT2D eigenvalue weighted by Crippen LogP contribution is 2.18. The van der Waals surface area contributed by atoms with Crippen LogP contribution >= 0.6 is 0 Å². The van der Waals surface area contributed by atoms with Crippen LogP contribution in [0.2, 0.25) is 12.1 Å². The van der Waals surface area contributed by atoms with Gasteiger partial charge in [0.2, 0.25) is 0 Å². The van der Waals surface area contributed by atoms with Gasteiger partial charge in [-0.3, -0.25) is 0 Å². The van der Waals surface area contributed by atoms with Gasteiger partial charge >= 0.3 is 0 Å². The Morgan fingerprint density at radius 1 is 0.325 bits per heavy atom. The molecule has 0 saturated heterocycles. The second kappa shape index (κ2) is 13.2. The van der Waals surface area contributed by atoms with E-state index in [9.17, 15) is 0 Å². The molecule has 4 N–H and O–H groups in total. The molecule has 0 bridgehead atoms. The minimum atomic E-state index is -2.30. The van der Waals surface area contributed by atoms with Crippen LogP contribution in [0.1, 0.15) is 12.8 Å². The quantitative estimate of drug-likeness (QED) is 0.183. The molecule has 4 heteroatoms. The molecule has 0 spiro atoms. The number of rotatable bonds is 12. The van der Waals surface area contributed by atoms with Gasteiger partial charge in [0.05, 0.1) is 0 Å². The molecule has 0 saturated carbocycles. The summed E-state index contributed by atoms with van der Waals surface area (Å²) in [4.78, 5) is 0. The van der Waals surface area contributed by atoms with Gasteiger partial charge < -0.3 is 11.5 Å². The Kier molecular flexibility index (Phi) is 9.24. The third-order valence-electron chi connectivity index (χ3n) is 8.45. The summed E-state index contributed by atoms with van der Waals surface area (Å²) < 4.78 is 0.